The van der Waals surface area contributed by atoms with Gasteiger partial charge in [-0.1, -0.05) is 30.3 Å². The lowest BCUT2D eigenvalue weighted by atomic mass is 10.2. The smallest absolute Gasteiger partial charge is 0.158 e. The van der Waals surface area contributed by atoms with E-state index < -0.39 is 21.5 Å². The van der Waals surface area contributed by atoms with Gasteiger partial charge in [0.15, 0.2) is 9.84 Å². The Morgan fingerprint density at radius 3 is 2.11 bits per heavy atom. The highest BCUT2D eigenvalue weighted by Gasteiger charge is 2.15. The van der Waals surface area contributed by atoms with Gasteiger partial charge in [0.25, 0.3) is 0 Å². The van der Waals surface area contributed by atoms with Gasteiger partial charge in [-0.05, 0) is 23.8 Å². The summed E-state index contributed by atoms with van der Waals surface area (Å²) in [6.45, 7) is 0. The molecule has 2 aromatic carbocycles. The molecule has 0 spiro atoms. The molecule has 0 aliphatic carbocycles. The summed E-state index contributed by atoms with van der Waals surface area (Å²) in [5.74, 6) is -1.56. The fraction of sp³-hybridized carbons (Fsp3) is 0.143. The quantitative estimate of drug-likeness (QED) is 0.863. The van der Waals surface area contributed by atoms with Crippen LogP contribution in [0.15, 0.2) is 48.5 Å². The first-order chi connectivity index (χ1) is 8.96. The van der Waals surface area contributed by atoms with Crippen LogP contribution < -0.4 is 0 Å². The Hall–Kier alpha value is -1.75. The third-order valence-corrected chi connectivity index (χ3v) is 4.16. The third kappa shape index (κ3) is 3.86. The van der Waals surface area contributed by atoms with E-state index in [9.17, 15) is 17.2 Å². The van der Waals surface area contributed by atoms with Crippen LogP contribution in [0, 0.1) is 11.6 Å². The average molecular weight is 282 g/mol. The molecule has 100 valence electrons. The standard InChI is InChI=1S/C14H12F2O2S/c15-13-7-5-11(6-8-13)9-19(17,18)10-12-3-1-2-4-14(12)16/h1-8H,9-10H2. The molecule has 2 rings (SSSR count). The minimum atomic E-state index is -3.49. The number of benzene rings is 2. The van der Waals surface area contributed by atoms with E-state index in [4.69, 9.17) is 0 Å². The molecule has 0 saturated carbocycles. The molecule has 2 aromatic rings. The van der Waals surface area contributed by atoms with Crippen LogP contribution in [0.2, 0.25) is 0 Å². The van der Waals surface area contributed by atoms with E-state index in [-0.39, 0.29) is 17.1 Å². The van der Waals surface area contributed by atoms with Gasteiger partial charge in [-0.25, -0.2) is 17.2 Å². The van der Waals surface area contributed by atoms with Gasteiger partial charge in [0, 0.05) is 5.56 Å². The van der Waals surface area contributed by atoms with Gasteiger partial charge in [0.2, 0.25) is 0 Å². The molecule has 0 aromatic heterocycles. The summed E-state index contributed by atoms with van der Waals surface area (Å²) < 4.78 is 50.0. The van der Waals surface area contributed by atoms with Crippen molar-refractivity contribution in [3.05, 3.63) is 71.3 Å². The number of hydrogen-bond acceptors (Lipinski definition) is 2. The van der Waals surface area contributed by atoms with E-state index in [0.29, 0.717) is 5.56 Å². The molecule has 0 aliphatic rings. The van der Waals surface area contributed by atoms with Crippen LogP contribution in [0.4, 0.5) is 8.78 Å². The summed E-state index contributed by atoms with van der Waals surface area (Å²) in [7, 11) is -3.49. The van der Waals surface area contributed by atoms with E-state index >= 15 is 0 Å². The van der Waals surface area contributed by atoms with Crippen molar-refractivity contribution in [2.24, 2.45) is 0 Å². The minimum absolute atomic E-state index is 0.143. The second-order valence-electron chi connectivity index (χ2n) is 4.25. The Labute approximate surface area is 110 Å². The predicted octanol–water partition coefficient (Wildman–Crippen LogP) is 3.08. The molecule has 0 atom stereocenters. The van der Waals surface area contributed by atoms with Crippen molar-refractivity contribution >= 4 is 9.84 Å². The molecule has 0 fully saturated rings. The summed E-state index contributed by atoms with van der Waals surface area (Å²) >= 11 is 0. The molecule has 0 saturated heterocycles. The van der Waals surface area contributed by atoms with Crippen molar-refractivity contribution in [2.45, 2.75) is 11.5 Å². The average Bonchev–Trinajstić information content (AvgIpc) is 2.35. The van der Waals surface area contributed by atoms with E-state index in [2.05, 4.69) is 0 Å². The third-order valence-electron chi connectivity index (χ3n) is 2.63. The van der Waals surface area contributed by atoms with Crippen molar-refractivity contribution in [2.75, 3.05) is 0 Å². The van der Waals surface area contributed by atoms with Crippen LogP contribution in [0.25, 0.3) is 0 Å². The maximum absolute atomic E-state index is 13.4. The lowest BCUT2D eigenvalue weighted by Crippen LogP contribution is -2.08. The summed E-state index contributed by atoms with van der Waals surface area (Å²) in [5, 5.41) is 0. The Morgan fingerprint density at radius 2 is 1.47 bits per heavy atom. The summed E-state index contributed by atoms with van der Waals surface area (Å²) in [5.41, 5.74) is 0.627. The summed E-state index contributed by atoms with van der Waals surface area (Å²) in [6, 6.07) is 11.0. The highest BCUT2D eigenvalue weighted by Crippen LogP contribution is 2.15. The molecule has 0 heterocycles. The maximum Gasteiger partial charge on any atom is 0.158 e. The van der Waals surface area contributed by atoms with Crippen LogP contribution >= 0.6 is 0 Å². The normalized spacial score (nSPS) is 11.5. The molecule has 0 unspecified atom stereocenters. The first kappa shape index (κ1) is 13.7. The maximum atomic E-state index is 13.4. The minimum Gasteiger partial charge on any atom is -0.228 e. The molecular weight excluding hydrogens is 270 g/mol. The van der Waals surface area contributed by atoms with Crippen LogP contribution in [0.3, 0.4) is 0 Å². The molecule has 0 amide bonds. The van der Waals surface area contributed by atoms with Crippen molar-refractivity contribution < 1.29 is 17.2 Å². The van der Waals surface area contributed by atoms with Crippen LogP contribution in [0.5, 0.6) is 0 Å². The molecular formula is C14H12F2O2S. The Morgan fingerprint density at radius 1 is 0.842 bits per heavy atom. The van der Waals surface area contributed by atoms with Gasteiger partial charge in [-0.3, -0.25) is 0 Å². The van der Waals surface area contributed by atoms with Crippen LogP contribution in [0.1, 0.15) is 11.1 Å². The van der Waals surface area contributed by atoms with E-state index in [0.717, 1.165) is 0 Å². The molecule has 5 heteroatoms. The Kier molecular flexibility index (Phi) is 3.95. The molecule has 0 radical (unpaired) electrons. The van der Waals surface area contributed by atoms with Crippen molar-refractivity contribution in [1.82, 2.24) is 0 Å². The van der Waals surface area contributed by atoms with Gasteiger partial charge in [-0.2, -0.15) is 0 Å². The fourth-order valence-electron chi connectivity index (χ4n) is 1.74. The largest absolute Gasteiger partial charge is 0.228 e. The lowest BCUT2D eigenvalue weighted by molar-refractivity contribution is 0.586. The molecule has 0 bridgehead atoms. The van der Waals surface area contributed by atoms with Gasteiger partial charge in [0.1, 0.15) is 11.6 Å². The summed E-state index contributed by atoms with van der Waals surface area (Å²) in [4.78, 5) is 0. The highest BCUT2D eigenvalue weighted by atomic mass is 32.2. The highest BCUT2D eigenvalue weighted by molar-refractivity contribution is 7.89. The van der Waals surface area contributed by atoms with Gasteiger partial charge >= 0.3 is 0 Å². The predicted molar refractivity (Wildman–Crippen MR) is 69.1 cm³/mol. The second-order valence-corrected chi connectivity index (χ2v) is 6.31. The first-order valence-electron chi connectivity index (χ1n) is 5.64. The van der Waals surface area contributed by atoms with Gasteiger partial charge in [0.05, 0.1) is 11.5 Å². The SMILES string of the molecule is O=S(=O)(Cc1ccc(F)cc1)Cc1ccccc1F. The van der Waals surface area contributed by atoms with Crippen LogP contribution in [-0.4, -0.2) is 8.42 Å². The van der Waals surface area contributed by atoms with E-state index in [1.807, 2.05) is 0 Å². The van der Waals surface area contributed by atoms with Crippen molar-refractivity contribution in [3.63, 3.8) is 0 Å². The number of sulfone groups is 1. The fourth-order valence-corrected chi connectivity index (χ4v) is 3.25. The molecule has 0 aliphatic heterocycles. The molecule has 0 N–H and O–H groups in total. The Balaban J connectivity index is 2.15. The topological polar surface area (TPSA) is 34.1 Å². The number of halogens is 2. The number of rotatable bonds is 4. The van der Waals surface area contributed by atoms with Gasteiger partial charge < -0.3 is 0 Å². The zero-order valence-electron chi connectivity index (χ0n) is 10.0. The van der Waals surface area contributed by atoms with E-state index in [1.165, 1.54) is 42.5 Å². The molecule has 19 heavy (non-hydrogen) atoms. The monoisotopic (exact) mass is 282 g/mol. The Bertz CT molecular complexity index is 664. The van der Waals surface area contributed by atoms with Crippen molar-refractivity contribution in [1.29, 1.82) is 0 Å². The van der Waals surface area contributed by atoms with Gasteiger partial charge in [-0.15, -0.1) is 0 Å². The zero-order valence-corrected chi connectivity index (χ0v) is 10.8. The molecule has 2 nitrogen and oxygen atoms in total. The first-order valence-corrected chi connectivity index (χ1v) is 7.47. The van der Waals surface area contributed by atoms with E-state index in [1.54, 1.807) is 6.07 Å². The van der Waals surface area contributed by atoms with Crippen LogP contribution in [-0.2, 0) is 21.3 Å². The number of hydrogen-bond donors (Lipinski definition) is 0. The second kappa shape index (κ2) is 5.48. The summed E-state index contributed by atoms with van der Waals surface area (Å²) in [6.07, 6.45) is 0. The van der Waals surface area contributed by atoms with Crippen molar-refractivity contribution in [3.8, 4) is 0 Å². The zero-order chi connectivity index (χ0) is 13.9. The lowest BCUT2D eigenvalue weighted by Gasteiger charge is -2.06.